The number of aromatic nitrogens is 3. The first-order chi connectivity index (χ1) is 26.8. The van der Waals surface area contributed by atoms with E-state index in [1.165, 1.54) is 21.7 Å². The van der Waals surface area contributed by atoms with Crippen LogP contribution in [0.2, 0.25) is 0 Å². The van der Waals surface area contributed by atoms with Crippen LogP contribution in [0.4, 0.5) is 17.3 Å². The largest absolute Gasteiger partial charge is 0.455 e. The fourth-order valence-electron chi connectivity index (χ4n) is 8.57. The molecule has 0 saturated heterocycles. The molecule has 1 aliphatic rings. The summed E-state index contributed by atoms with van der Waals surface area (Å²) in [6.45, 7) is 0. The zero-order valence-electron chi connectivity index (χ0n) is 28.9. The SMILES string of the molecule is c1ccc2cc3c(cc2c1)-c1cccc2cccc(c12)N3c1nc(-c2cc3ccccc3c3ccccc23)nc(-c2cccc3c2oc2ccccc23)n1. The van der Waals surface area contributed by atoms with Crippen molar-refractivity contribution in [3.8, 4) is 33.9 Å². The summed E-state index contributed by atoms with van der Waals surface area (Å²) in [7, 11) is 0. The fraction of sp³-hybridized carbons (Fsp3) is 0. The number of nitrogens with zero attached hydrogens (tertiary/aromatic N) is 4. The molecule has 0 aliphatic carbocycles. The summed E-state index contributed by atoms with van der Waals surface area (Å²) < 4.78 is 6.58. The van der Waals surface area contributed by atoms with Crippen molar-refractivity contribution >= 4 is 82.4 Å². The Hall–Kier alpha value is -7.37. The third kappa shape index (κ3) is 4.18. The molecular formula is C49H28N4O. The lowest BCUT2D eigenvalue weighted by Gasteiger charge is -2.32. The summed E-state index contributed by atoms with van der Waals surface area (Å²) in [4.78, 5) is 18.4. The molecule has 0 amide bonds. The van der Waals surface area contributed by atoms with Crippen molar-refractivity contribution in [2.45, 2.75) is 0 Å². The van der Waals surface area contributed by atoms with Crippen LogP contribution in [0, 0.1) is 0 Å². The van der Waals surface area contributed by atoms with E-state index in [4.69, 9.17) is 19.4 Å². The average Bonchev–Trinajstić information content (AvgIpc) is 3.62. The van der Waals surface area contributed by atoms with E-state index < -0.39 is 0 Å². The number of anilines is 3. The first-order valence-electron chi connectivity index (χ1n) is 18.2. The molecule has 0 unspecified atom stereocenters. The molecule has 11 aromatic rings. The van der Waals surface area contributed by atoms with E-state index in [2.05, 4.69) is 157 Å². The second-order valence-electron chi connectivity index (χ2n) is 14.0. The third-order valence-electron chi connectivity index (χ3n) is 11.0. The van der Waals surface area contributed by atoms with Gasteiger partial charge in [0.1, 0.15) is 11.2 Å². The molecule has 0 radical (unpaired) electrons. The minimum atomic E-state index is 0.541. The van der Waals surface area contributed by atoms with Crippen LogP contribution in [0.15, 0.2) is 174 Å². The normalized spacial score (nSPS) is 12.4. The van der Waals surface area contributed by atoms with Gasteiger partial charge in [-0.2, -0.15) is 9.97 Å². The topological polar surface area (TPSA) is 55.1 Å². The van der Waals surface area contributed by atoms with Crippen LogP contribution >= 0.6 is 0 Å². The van der Waals surface area contributed by atoms with Gasteiger partial charge in [-0.25, -0.2) is 4.98 Å². The molecule has 1 aliphatic heterocycles. The highest BCUT2D eigenvalue weighted by molar-refractivity contribution is 6.16. The Morgan fingerprint density at radius 1 is 0.370 bits per heavy atom. The number of fused-ring (bicyclic) bond motifs is 9. The minimum Gasteiger partial charge on any atom is -0.455 e. The first kappa shape index (κ1) is 29.2. The average molecular weight is 689 g/mol. The minimum absolute atomic E-state index is 0.541. The van der Waals surface area contributed by atoms with Crippen LogP contribution in [0.5, 0.6) is 0 Å². The van der Waals surface area contributed by atoms with Crippen LogP contribution in [-0.2, 0) is 0 Å². The molecule has 0 fully saturated rings. The van der Waals surface area contributed by atoms with Crippen molar-refractivity contribution in [1.29, 1.82) is 0 Å². The maximum atomic E-state index is 6.58. The Kier molecular flexibility index (Phi) is 5.99. The summed E-state index contributed by atoms with van der Waals surface area (Å²) in [5, 5.41) is 11.3. The molecule has 0 saturated carbocycles. The second kappa shape index (κ2) is 11.1. The van der Waals surface area contributed by atoms with Gasteiger partial charge in [0.25, 0.3) is 0 Å². The molecule has 0 spiro atoms. The van der Waals surface area contributed by atoms with Gasteiger partial charge in [-0.15, -0.1) is 0 Å². The van der Waals surface area contributed by atoms with Crippen molar-refractivity contribution < 1.29 is 4.42 Å². The molecular weight excluding hydrogens is 661 g/mol. The van der Waals surface area contributed by atoms with E-state index in [0.717, 1.165) is 76.9 Å². The Morgan fingerprint density at radius 2 is 0.963 bits per heavy atom. The summed E-state index contributed by atoms with van der Waals surface area (Å²) in [6, 6.07) is 59.8. The lowest BCUT2D eigenvalue weighted by atomic mass is 9.90. The molecule has 250 valence electrons. The smallest absolute Gasteiger partial charge is 0.238 e. The van der Waals surface area contributed by atoms with E-state index in [9.17, 15) is 0 Å². The van der Waals surface area contributed by atoms with Crippen molar-refractivity contribution in [3.05, 3.63) is 170 Å². The molecule has 0 atom stereocenters. The zero-order valence-corrected chi connectivity index (χ0v) is 28.9. The van der Waals surface area contributed by atoms with E-state index in [-0.39, 0.29) is 0 Å². The Balaban J connectivity index is 1.21. The maximum absolute atomic E-state index is 6.58. The number of hydrogen-bond acceptors (Lipinski definition) is 5. The molecule has 0 N–H and O–H groups in total. The van der Waals surface area contributed by atoms with Crippen molar-refractivity contribution in [3.63, 3.8) is 0 Å². The maximum Gasteiger partial charge on any atom is 0.238 e. The van der Waals surface area contributed by atoms with Crippen LogP contribution in [0.25, 0.3) is 98.9 Å². The van der Waals surface area contributed by atoms with Crippen LogP contribution in [-0.4, -0.2) is 15.0 Å². The van der Waals surface area contributed by atoms with E-state index in [1.807, 2.05) is 18.2 Å². The molecule has 3 heterocycles. The predicted octanol–water partition coefficient (Wildman–Crippen LogP) is 13.2. The highest BCUT2D eigenvalue weighted by atomic mass is 16.3. The highest BCUT2D eigenvalue weighted by Gasteiger charge is 2.30. The summed E-state index contributed by atoms with van der Waals surface area (Å²) in [5.74, 6) is 1.68. The number of para-hydroxylation sites is 2. The van der Waals surface area contributed by atoms with Crippen LogP contribution in [0.1, 0.15) is 0 Å². The number of benzene rings is 9. The van der Waals surface area contributed by atoms with Crippen molar-refractivity contribution in [2.24, 2.45) is 0 Å². The van der Waals surface area contributed by atoms with Crippen molar-refractivity contribution in [2.75, 3.05) is 4.90 Å². The Bertz CT molecular complexity index is 3360. The van der Waals surface area contributed by atoms with Gasteiger partial charge in [-0.1, -0.05) is 133 Å². The second-order valence-corrected chi connectivity index (χ2v) is 14.0. The first-order valence-corrected chi connectivity index (χ1v) is 18.2. The molecule has 5 heteroatoms. The third-order valence-corrected chi connectivity index (χ3v) is 11.0. The van der Waals surface area contributed by atoms with Crippen LogP contribution < -0.4 is 4.90 Å². The zero-order chi connectivity index (χ0) is 35.3. The van der Waals surface area contributed by atoms with Gasteiger partial charge >= 0.3 is 0 Å². The van der Waals surface area contributed by atoms with E-state index in [1.54, 1.807) is 0 Å². The van der Waals surface area contributed by atoms with Gasteiger partial charge in [0.05, 0.1) is 16.9 Å². The van der Waals surface area contributed by atoms with Gasteiger partial charge < -0.3 is 4.42 Å². The van der Waals surface area contributed by atoms with Gasteiger partial charge in [0.2, 0.25) is 5.95 Å². The van der Waals surface area contributed by atoms with E-state index in [0.29, 0.717) is 17.6 Å². The molecule has 2 aromatic heterocycles. The predicted molar refractivity (Wildman–Crippen MR) is 222 cm³/mol. The molecule has 12 rings (SSSR count). The summed E-state index contributed by atoms with van der Waals surface area (Å²) in [5.41, 5.74) is 7.72. The van der Waals surface area contributed by atoms with Gasteiger partial charge in [-0.3, -0.25) is 4.90 Å². The summed E-state index contributed by atoms with van der Waals surface area (Å²) in [6.07, 6.45) is 0. The monoisotopic (exact) mass is 688 g/mol. The molecule has 54 heavy (non-hydrogen) atoms. The van der Waals surface area contributed by atoms with Crippen LogP contribution in [0.3, 0.4) is 0 Å². The van der Waals surface area contributed by atoms with Crippen molar-refractivity contribution in [1.82, 2.24) is 15.0 Å². The lowest BCUT2D eigenvalue weighted by Crippen LogP contribution is -2.19. The Labute approximate surface area is 309 Å². The summed E-state index contributed by atoms with van der Waals surface area (Å²) >= 11 is 0. The molecule has 9 aromatic carbocycles. The lowest BCUT2D eigenvalue weighted by molar-refractivity contribution is 0.669. The van der Waals surface area contributed by atoms with E-state index >= 15 is 0 Å². The molecule has 0 bridgehead atoms. The highest BCUT2D eigenvalue weighted by Crippen LogP contribution is 2.51. The quantitative estimate of drug-likeness (QED) is 0.173. The van der Waals surface area contributed by atoms with Gasteiger partial charge in [0, 0.05) is 27.3 Å². The number of rotatable bonds is 3. The molecule has 5 nitrogen and oxygen atoms in total. The standard InChI is InChI=1S/C49H28N4O/c1-2-13-31-28-43-40(26-30(31)12-1)37-21-9-15-29-16-10-24-42(45(29)37)53(43)49-51-47(39-23-11-22-38-36-20-7-8-25-44(36)54-46(38)39)50-48(52-49)41-27-32-14-3-4-17-33(32)34-18-5-6-19-35(34)41/h1-28H. The fourth-order valence-corrected chi connectivity index (χ4v) is 8.57. The Morgan fingerprint density at radius 3 is 1.81 bits per heavy atom. The number of hydrogen-bond donors (Lipinski definition) is 0. The number of furan rings is 1. The van der Waals surface area contributed by atoms with Gasteiger partial charge in [-0.05, 0) is 79.7 Å². The van der Waals surface area contributed by atoms with Gasteiger partial charge in [0.15, 0.2) is 11.6 Å².